The van der Waals surface area contributed by atoms with Crippen LogP contribution in [0.25, 0.3) is 0 Å². The van der Waals surface area contributed by atoms with Crippen LogP contribution in [0.4, 0.5) is 0 Å². The summed E-state index contributed by atoms with van der Waals surface area (Å²) in [5.41, 5.74) is 0. The minimum atomic E-state index is -0.801. The van der Waals surface area contributed by atoms with Crippen LogP contribution in [0.15, 0.2) is 134 Å². The van der Waals surface area contributed by atoms with Gasteiger partial charge in [-0.2, -0.15) is 0 Å². The van der Waals surface area contributed by atoms with E-state index in [9.17, 15) is 14.4 Å². The Morgan fingerprint density at radius 2 is 0.494 bits per heavy atom. The van der Waals surface area contributed by atoms with E-state index in [0.29, 0.717) is 19.3 Å². The minimum absolute atomic E-state index is 0.0965. The molecule has 0 aromatic rings. The minimum Gasteiger partial charge on any atom is -0.462 e. The first kappa shape index (κ1) is 74.5. The maximum atomic E-state index is 12.9. The van der Waals surface area contributed by atoms with Gasteiger partial charge in [0.05, 0.1) is 0 Å². The SMILES string of the molecule is CC/C=C\C/C=C\C/C=C\C/C=C\C/C=C\C/C=C\C/C=C\CCCCCCCC(=O)OCC(COC(=O)CCCCCCC/C=C\C/C=C\CCCCC)OC(=O)CCCCCCCCCCC/C=C\C/C=C\CCCCC. The molecule has 0 aromatic carbocycles. The van der Waals surface area contributed by atoms with Gasteiger partial charge in [0.1, 0.15) is 13.2 Å². The highest BCUT2D eigenvalue weighted by atomic mass is 16.6. The fourth-order valence-electron chi connectivity index (χ4n) is 8.72. The smallest absolute Gasteiger partial charge is 0.306 e. The highest BCUT2D eigenvalue weighted by Gasteiger charge is 2.19. The molecule has 0 N–H and O–H groups in total. The first-order valence-corrected chi connectivity index (χ1v) is 32.7. The number of esters is 3. The molecule has 0 amide bonds. The molecule has 448 valence electrons. The Bertz CT molecular complexity index is 1680. The summed E-state index contributed by atoms with van der Waals surface area (Å²) in [7, 11) is 0. The van der Waals surface area contributed by atoms with Crippen molar-refractivity contribution < 1.29 is 28.6 Å². The first-order chi connectivity index (χ1) is 39.0. The fourth-order valence-corrected chi connectivity index (χ4v) is 8.72. The molecule has 0 spiro atoms. The molecule has 1 atom stereocenters. The van der Waals surface area contributed by atoms with Crippen molar-refractivity contribution in [3.05, 3.63) is 134 Å². The number of rotatable bonds is 58. The van der Waals surface area contributed by atoms with Gasteiger partial charge >= 0.3 is 17.9 Å². The lowest BCUT2D eigenvalue weighted by Gasteiger charge is -2.18. The van der Waals surface area contributed by atoms with Crippen LogP contribution >= 0.6 is 0 Å². The van der Waals surface area contributed by atoms with Gasteiger partial charge in [-0.3, -0.25) is 14.4 Å². The molecule has 0 fully saturated rings. The lowest BCUT2D eigenvalue weighted by atomic mass is 10.1. The van der Waals surface area contributed by atoms with Crippen LogP contribution in [0.2, 0.25) is 0 Å². The number of ether oxygens (including phenoxy) is 3. The Kier molecular flexibility index (Phi) is 62.3. The third-order valence-corrected chi connectivity index (χ3v) is 13.6. The summed E-state index contributed by atoms with van der Waals surface area (Å²) in [4.78, 5) is 38.4. The van der Waals surface area contributed by atoms with Crippen LogP contribution in [-0.2, 0) is 28.6 Å². The van der Waals surface area contributed by atoms with Gasteiger partial charge in [0.2, 0.25) is 0 Å². The quantitative estimate of drug-likeness (QED) is 0.0261. The predicted molar refractivity (Wildman–Crippen MR) is 343 cm³/mol. The molecule has 6 nitrogen and oxygen atoms in total. The third kappa shape index (κ3) is 64.3. The largest absolute Gasteiger partial charge is 0.462 e. The maximum Gasteiger partial charge on any atom is 0.306 e. The Morgan fingerprint density at radius 1 is 0.266 bits per heavy atom. The van der Waals surface area contributed by atoms with Crippen molar-refractivity contribution in [2.24, 2.45) is 0 Å². The summed E-state index contributed by atoms with van der Waals surface area (Å²) >= 11 is 0. The maximum absolute atomic E-state index is 12.9. The van der Waals surface area contributed by atoms with E-state index in [1.54, 1.807) is 0 Å². The van der Waals surface area contributed by atoms with Crippen molar-refractivity contribution >= 4 is 17.9 Å². The van der Waals surface area contributed by atoms with E-state index < -0.39 is 6.10 Å². The summed E-state index contributed by atoms with van der Waals surface area (Å²) in [5, 5.41) is 0. The molecule has 0 aliphatic rings. The molecule has 0 heterocycles. The normalized spacial score (nSPS) is 13.0. The third-order valence-electron chi connectivity index (χ3n) is 13.6. The standard InChI is InChI=1S/C73H120O6/c1-4-7-10-13-16-19-22-25-28-30-32-33-34-35-36-37-38-39-41-42-45-48-51-54-57-60-63-66-72(75)78-69-70(68-77-71(74)65-62-59-56-53-50-47-44-27-24-21-18-15-12-9-6-3)79-73(76)67-64-61-58-55-52-49-46-43-40-31-29-26-23-20-17-14-11-8-5-2/h7,10,16-21,25-29,32-33,35-36,38-39,42,44-45,70H,4-6,8-9,11-15,22-24,30-31,34,37,40-41,43,46-69H2,1-3H3/b10-7-,19-16-,20-17-,21-18-,28-25-,29-26-,33-32-,36-35-,39-38-,44-27-,45-42-. The van der Waals surface area contributed by atoms with Crippen LogP contribution in [0.5, 0.6) is 0 Å². The molecule has 0 saturated carbocycles. The molecule has 0 radical (unpaired) electrons. The number of hydrogen-bond acceptors (Lipinski definition) is 6. The van der Waals surface area contributed by atoms with E-state index >= 15 is 0 Å². The molecule has 0 aliphatic carbocycles. The van der Waals surface area contributed by atoms with Crippen molar-refractivity contribution in [3.8, 4) is 0 Å². The predicted octanol–water partition coefficient (Wildman–Crippen LogP) is 22.5. The Labute approximate surface area is 487 Å². The lowest BCUT2D eigenvalue weighted by molar-refractivity contribution is -0.167. The van der Waals surface area contributed by atoms with Crippen molar-refractivity contribution in [2.45, 2.75) is 297 Å². The average Bonchev–Trinajstić information content (AvgIpc) is 3.45. The second-order valence-electron chi connectivity index (χ2n) is 21.3. The van der Waals surface area contributed by atoms with Gasteiger partial charge in [0.15, 0.2) is 6.10 Å². The molecular weight excluding hydrogens is 973 g/mol. The Balaban J connectivity index is 4.43. The van der Waals surface area contributed by atoms with Crippen LogP contribution in [-0.4, -0.2) is 37.2 Å². The van der Waals surface area contributed by atoms with Crippen LogP contribution in [0.3, 0.4) is 0 Å². The molecular formula is C73H120O6. The second-order valence-corrected chi connectivity index (χ2v) is 21.3. The summed E-state index contributed by atoms with van der Waals surface area (Å²) in [6.07, 6.45) is 93.0. The van der Waals surface area contributed by atoms with E-state index in [1.165, 1.54) is 96.3 Å². The fraction of sp³-hybridized carbons (Fsp3) is 0.658. The molecule has 1 unspecified atom stereocenters. The molecule has 0 bridgehead atoms. The zero-order valence-electron chi connectivity index (χ0n) is 51.3. The topological polar surface area (TPSA) is 78.9 Å². The number of unbranched alkanes of at least 4 members (excludes halogenated alkanes) is 25. The van der Waals surface area contributed by atoms with Gasteiger partial charge in [0, 0.05) is 19.3 Å². The molecule has 0 rings (SSSR count). The lowest BCUT2D eigenvalue weighted by Crippen LogP contribution is -2.30. The van der Waals surface area contributed by atoms with Gasteiger partial charge < -0.3 is 14.2 Å². The van der Waals surface area contributed by atoms with Crippen LogP contribution < -0.4 is 0 Å². The summed E-state index contributed by atoms with van der Waals surface area (Å²) < 4.78 is 16.9. The Hall–Kier alpha value is -4.45. The van der Waals surface area contributed by atoms with Gasteiger partial charge in [-0.15, -0.1) is 0 Å². The number of hydrogen-bond donors (Lipinski definition) is 0. The van der Waals surface area contributed by atoms with Crippen LogP contribution in [0, 0.1) is 0 Å². The van der Waals surface area contributed by atoms with Crippen molar-refractivity contribution in [1.29, 1.82) is 0 Å². The first-order valence-electron chi connectivity index (χ1n) is 32.7. The zero-order chi connectivity index (χ0) is 57.1. The van der Waals surface area contributed by atoms with Crippen molar-refractivity contribution in [1.82, 2.24) is 0 Å². The highest BCUT2D eigenvalue weighted by molar-refractivity contribution is 5.71. The monoisotopic (exact) mass is 1090 g/mol. The molecule has 0 saturated heterocycles. The average molecular weight is 1090 g/mol. The van der Waals surface area contributed by atoms with E-state index in [1.807, 2.05) is 0 Å². The Morgan fingerprint density at radius 3 is 0.772 bits per heavy atom. The zero-order valence-corrected chi connectivity index (χ0v) is 51.3. The van der Waals surface area contributed by atoms with Gasteiger partial charge in [-0.05, 0) is 141 Å². The molecule has 6 heteroatoms. The summed E-state index contributed by atoms with van der Waals surface area (Å²) in [6, 6.07) is 0. The van der Waals surface area contributed by atoms with Gasteiger partial charge in [0.25, 0.3) is 0 Å². The van der Waals surface area contributed by atoms with E-state index in [0.717, 1.165) is 154 Å². The second kappa shape index (κ2) is 66.1. The molecule has 79 heavy (non-hydrogen) atoms. The van der Waals surface area contributed by atoms with E-state index in [4.69, 9.17) is 14.2 Å². The van der Waals surface area contributed by atoms with Crippen molar-refractivity contribution in [3.63, 3.8) is 0 Å². The number of carbonyl (C=O) groups excluding carboxylic acids is 3. The summed E-state index contributed by atoms with van der Waals surface area (Å²) in [6.45, 7) is 6.45. The van der Waals surface area contributed by atoms with E-state index in [-0.39, 0.29) is 31.1 Å². The number of allylic oxidation sites excluding steroid dienone is 22. The van der Waals surface area contributed by atoms with Crippen LogP contribution in [0.1, 0.15) is 290 Å². The molecule has 0 aliphatic heterocycles. The van der Waals surface area contributed by atoms with Gasteiger partial charge in [-0.25, -0.2) is 0 Å². The summed E-state index contributed by atoms with van der Waals surface area (Å²) in [5.74, 6) is -0.929. The van der Waals surface area contributed by atoms with E-state index in [2.05, 4.69) is 154 Å². The highest BCUT2D eigenvalue weighted by Crippen LogP contribution is 2.15. The number of carbonyl (C=O) groups is 3. The van der Waals surface area contributed by atoms with Crippen molar-refractivity contribution in [2.75, 3.05) is 13.2 Å². The molecule has 0 aromatic heterocycles. The van der Waals surface area contributed by atoms with Gasteiger partial charge in [-0.1, -0.05) is 264 Å².